The number of carbonyl (C=O) groups excluding carboxylic acids is 1. The Morgan fingerprint density at radius 3 is 2.52 bits per heavy atom. The molecular weight excluding hydrogens is 274 g/mol. The predicted octanol–water partition coefficient (Wildman–Crippen LogP) is 3.73. The van der Waals surface area contributed by atoms with E-state index in [1.165, 1.54) is 6.07 Å². The van der Waals surface area contributed by atoms with Gasteiger partial charge in [0.15, 0.2) is 0 Å². The number of hydrogen-bond donors (Lipinski definition) is 0. The number of rotatable bonds is 4. The van der Waals surface area contributed by atoms with Crippen LogP contribution in [0.3, 0.4) is 0 Å². The minimum atomic E-state index is -2.81. The van der Waals surface area contributed by atoms with Gasteiger partial charge in [-0.2, -0.15) is 0 Å². The number of terminal acetylenes is 1. The van der Waals surface area contributed by atoms with Gasteiger partial charge in [0, 0.05) is 5.56 Å². The fourth-order valence-corrected chi connectivity index (χ4v) is 2.16. The van der Waals surface area contributed by atoms with Gasteiger partial charge in [-0.25, -0.2) is 8.78 Å². The smallest absolute Gasteiger partial charge is 0.319 e. The third kappa shape index (κ3) is 3.19. The lowest BCUT2D eigenvalue weighted by molar-refractivity contribution is -0.148. The molecule has 0 aliphatic carbocycles. The lowest BCUT2D eigenvalue weighted by Gasteiger charge is -2.15. The first-order chi connectivity index (χ1) is 10.1. The summed E-state index contributed by atoms with van der Waals surface area (Å²) in [5, 5.41) is 1.59. The number of hydrogen-bond acceptors (Lipinski definition) is 2. The van der Waals surface area contributed by atoms with Gasteiger partial charge in [0.1, 0.15) is 5.92 Å². The molecule has 108 valence electrons. The summed E-state index contributed by atoms with van der Waals surface area (Å²) in [6.07, 6.45) is 2.51. The molecule has 0 heterocycles. The first kappa shape index (κ1) is 15.0. The molecule has 0 amide bonds. The second-order valence-corrected chi connectivity index (χ2v) is 4.53. The maximum atomic E-state index is 13.2. The number of alkyl halides is 2. The molecule has 0 radical (unpaired) electrons. The summed E-state index contributed by atoms with van der Waals surface area (Å²) in [7, 11) is 0. The van der Waals surface area contributed by atoms with E-state index in [1.54, 1.807) is 37.3 Å². The van der Waals surface area contributed by atoms with Gasteiger partial charge in [0.2, 0.25) is 0 Å². The van der Waals surface area contributed by atoms with Crippen molar-refractivity contribution in [1.82, 2.24) is 0 Å². The molecule has 0 fully saturated rings. The van der Waals surface area contributed by atoms with Crippen LogP contribution in [0.4, 0.5) is 8.78 Å². The average molecular weight is 288 g/mol. The van der Waals surface area contributed by atoms with Crippen molar-refractivity contribution in [2.75, 3.05) is 6.61 Å². The topological polar surface area (TPSA) is 26.3 Å². The van der Waals surface area contributed by atoms with Crippen LogP contribution in [-0.2, 0) is 9.53 Å². The van der Waals surface area contributed by atoms with Crippen molar-refractivity contribution in [2.24, 2.45) is 0 Å². The Morgan fingerprint density at radius 2 is 1.90 bits per heavy atom. The third-order valence-corrected chi connectivity index (χ3v) is 3.18. The van der Waals surface area contributed by atoms with Crippen LogP contribution in [0.25, 0.3) is 10.8 Å². The van der Waals surface area contributed by atoms with Crippen LogP contribution in [0.15, 0.2) is 36.4 Å². The normalized spacial score (nSPS) is 12.1. The first-order valence-electron chi connectivity index (χ1n) is 6.52. The minimum Gasteiger partial charge on any atom is -0.465 e. The number of ether oxygens (including phenoxy) is 1. The van der Waals surface area contributed by atoms with E-state index in [0.717, 1.165) is 10.8 Å². The third-order valence-electron chi connectivity index (χ3n) is 3.18. The van der Waals surface area contributed by atoms with Crippen LogP contribution in [0, 0.1) is 12.3 Å². The molecule has 2 aromatic carbocycles. The highest BCUT2D eigenvalue weighted by Gasteiger charge is 2.31. The van der Waals surface area contributed by atoms with Gasteiger partial charge >= 0.3 is 5.97 Å². The van der Waals surface area contributed by atoms with E-state index in [-0.39, 0.29) is 12.2 Å². The Labute approximate surface area is 121 Å². The SMILES string of the molecule is C#Cc1ccc2cc(C(C(=O)OCC)C(F)F)ccc2c1. The number of benzene rings is 2. The molecule has 0 spiro atoms. The summed E-state index contributed by atoms with van der Waals surface area (Å²) in [6, 6.07) is 10.0. The molecule has 0 N–H and O–H groups in total. The maximum Gasteiger partial charge on any atom is 0.319 e. The molecule has 1 atom stereocenters. The van der Waals surface area contributed by atoms with Gasteiger partial charge in [0.05, 0.1) is 6.61 Å². The Bertz CT molecular complexity index is 701. The highest BCUT2D eigenvalue weighted by Crippen LogP contribution is 2.28. The Kier molecular flexibility index (Phi) is 4.54. The molecule has 0 aromatic heterocycles. The van der Waals surface area contributed by atoms with Gasteiger partial charge < -0.3 is 4.74 Å². The van der Waals surface area contributed by atoms with Crippen LogP contribution in [-0.4, -0.2) is 19.0 Å². The minimum absolute atomic E-state index is 0.0706. The van der Waals surface area contributed by atoms with Gasteiger partial charge in [-0.05, 0) is 35.4 Å². The standard InChI is InChI=1S/C17H14F2O2/c1-3-11-5-6-13-10-14(8-7-12(13)9-11)15(16(18)19)17(20)21-4-2/h1,5-10,15-16H,4H2,2H3. The monoisotopic (exact) mass is 288 g/mol. The molecule has 4 heteroatoms. The summed E-state index contributed by atoms with van der Waals surface area (Å²) < 4.78 is 31.0. The van der Waals surface area contributed by atoms with Gasteiger partial charge in [-0.3, -0.25) is 4.79 Å². The molecule has 0 aliphatic rings. The molecule has 2 aromatic rings. The first-order valence-corrected chi connectivity index (χ1v) is 6.52. The molecule has 2 nitrogen and oxygen atoms in total. The van der Waals surface area contributed by atoms with Crippen molar-refractivity contribution in [2.45, 2.75) is 19.3 Å². The molecule has 2 rings (SSSR count). The van der Waals surface area contributed by atoms with Crippen LogP contribution >= 0.6 is 0 Å². The highest BCUT2D eigenvalue weighted by atomic mass is 19.3. The van der Waals surface area contributed by atoms with E-state index in [0.29, 0.717) is 5.56 Å². The van der Waals surface area contributed by atoms with E-state index >= 15 is 0 Å². The fraction of sp³-hybridized carbons (Fsp3) is 0.235. The fourth-order valence-electron chi connectivity index (χ4n) is 2.16. The lowest BCUT2D eigenvalue weighted by Crippen LogP contribution is -2.22. The summed E-state index contributed by atoms with van der Waals surface area (Å²) >= 11 is 0. The number of fused-ring (bicyclic) bond motifs is 1. The van der Waals surface area contributed by atoms with E-state index in [1.807, 2.05) is 0 Å². The van der Waals surface area contributed by atoms with E-state index in [2.05, 4.69) is 5.92 Å². The molecule has 0 bridgehead atoms. The number of esters is 1. The van der Waals surface area contributed by atoms with Crippen molar-refractivity contribution < 1.29 is 18.3 Å². The van der Waals surface area contributed by atoms with E-state index in [9.17, 15) is 13.6 Å². The van der Waals surface area contributed by atoms with Gasteiger partial charge in [0.25, 0.3) is 6.43 Å². The summed E-state index contributed by atoms with van der Waals surface area (Å²) in [4.78, 5) is 11.7. The second-order valence-electron chi connectivity index (χ2n) is 4.53. The molecular formula is C17H14F2O2. The number of halogens is 2. The Hall–Kier alpha value is -2.41. The summed E-state index contributed by atoms with van der Waals surface area (Å²) in [6.45, 7) is 1.66. The highest BCUT2D eigenvalue weighted by molar-refractivity contribution is 5.87. The van der Waals surface area contributed by atoms with Gasteiger partial charge in [-0.15, -0.1) is 6.42 Å². The molecule has 0 saturated heterocycles. The number of carbonyl (C=O) groups is 1. The Morgan fingerprint density at radius 1 is 1.24 bits per heavy atom. The molecule has 0 saturated carbocycles. The second kappa shape index (κ2) is 6.36. The summed E-state index contributed by atoms with van der Waals surface area (Å²) in [5.74, 6) is 0.0375. The largest absolute Gasteiger partial charge is 0.465 e. The van der Waals surface area contributed by atoms with Crippen molar-refractivity contribution >= 4 is 16.7 Å². The van der Waals surface area contributed by atoms with Crippen LogP contribution in [0.5, 0.6) is 0 Å². The zero-order valence-corrected chi connectivity index (χ0v) is 11.5. The van der Waals surface area contributed by atoms with Crippen LogP contribution in [0.2, 0.25) is 0 Å². The molecule has 0 aliphatic heterocycles. The molecule has 1 unspecified atom stereocenters. The predicted molar refractivity (Wildman–Crippen MR) is 77.3 cm³/mol. The van der Waals surface area contributed by atoms with E-state index in [4.69, 9.17) is 11.2 Å². The quantitative estimate of drug-likeness (QED) is 0.633. The zero-order chi connectivity index (χ0) is 15.4. The van der Waals surface area contributed by atoms with Crippen LogP contribution in [0.1, 0.15) is 24.0 Å². The van der Waals surface area contributed by atoms with Crippen molar-refractivity contribution in [3.05, 3.63) is 47.5 Å². The lowest BCUT2D eigenvalue weighted by atomic mass is 9.96. The van der Waals surface area contributed by atoms with E-state index < -0.39 is 18.3 Å². The maximum absolute atomic E-state index is 13.2. The van der Waals surface area contributed by atoms with Crippen molar-refractivity contribution in [3.8, 4) is 12.3 Å². The molecule has 21 heavy (non-hydrogen) atoms. The average Bonchev–Trinajstić information content (AvgIpc) is 2.46. The van der Waals surface area contributed by atoms with Crippen LogP contribution < -0.4 is 0 Å². The summed E-state index contributed by atoms with van der Waals surface area (Å²) in [5.41, 5.74) is 0.954. The van der Waals surface area contributed by atoms with Crippen molar-refractivity contribution in [1.29, 1.82) is 0 Å². The van der Waals surface area contributed by atoms with Crippen molar-refractivity contribution in [3.63, 3.8) is 0 Å². The van der Waals surface area contributed by atoms with Gasteiger partial charge in [-0.1, -0.05) is 30.2 Å². The zero-order valence-electron chi connectivity index (χ0n) is 11.5. The Balaban J connectivity index is 2.45.